The number of aromatic nitrogens is 1. The Kier molecular flexibility index (Phi) is 5.07. The summed E-state index contributed by atoms with van der Waals surface area (Å²) in [5.74, 6) is -0.940. The smallest absolute Gasteiger partial charge is 0.303 e. The number of hydrogen-bond donors (Lipinski definition) is 2. The number of nitrogens with one attached hydrogen (secondary N) is 1. The molecule has 0 unspecified atom stereocenters. The van der Waals surface area contributed by atoms with E-state index in [0.29, 0.717) is 0 Å². The van der Waals surface area contributed by atoms with Crippen LogP contribution in [0, 0.1) is 0 Å². The summed E-state index contributed by atoms with van der Waals surface area (Å²) in [4.78, 5) is 15.2. The molecule has 0 amide bonds. The third-order valence-corrected chi connectivity index (χ3v) is 6.07. The van der Waals surface area contributed by atoms with E-state index >= 15 is 0 Å². The summed E-state index contributed by atoms with van der Waals surface area (Å²) in [6.07, 6.45) is 0.191. The first kappa shape index (κ1) is 17.8. The van der Waals surface area contributed by atoms with Crippen molar-refractivity contribution in [3.05, 3.63) is 23.2 Å². The monoisotopic (exact) mass is 356 g/mol. The van der Waals surface area contributed by atoms with Crippen molar-refractivity contribution in [2.75, 3.05) is 6.54 Å². The molecule has 0 aliphatic heterocycles. The lowest BCUT2D eigenvalue weighted by Crippen LogP contribution is -2.25. The molecule has 1 heterocycles. The van der Waals surface area contributed by atoms with Crippen molar-refractivity contribution in [2.45, 2.75) is 43.9 Å². The molecule has 0 fully saturated rings. The highest BCUT2D eigenvalue weighted by Crippen LogP contribution is 2.32. The first-order valence-electron chi connectivity index (χ1n) is 7.22. The Labute approximate surface area is 139 Å². The molecule has 2 N–H and O–H groups in total. The number of hydrogen-bond acceptors (Lipinski definition) is 5. The number of carboxylic acids is 1. The number of sulfonamides is 1. The van der Waals surface area contributed by atoms with E-state index in [9.17, 15) is 13.2 Å². The van der Waals surface area contributed by atoms with Gasteiger partial charge >= 0.3 is 5.97 Å². The van der Waals surface area contributed by atoms with E-state index in [1.54, 1.807) is 12.1 Å². The first-order valence-corrected chi connectivity index (χ1v) is 9.52. The fourth-order valence-electron chi connectivity index (χ4n) is 1.92. The lowest BCUT2D eigenvalue weighted by molar-refractivity contribution is -0.137. The van der Waals surface area contributed by atoms with Gasteiger partial charge in [0.2, 0.25) is 10.0 Å². The van der Waals surface area contributed by atoms with E-state index in [0.717, 1.165) is 15.2 Å². The number of nitrogens with zero attached hydrogens (tertiary/aromatic N) is 1. The number of thiazole rings is 1. The first-order chi connectivity index (χ1) is 10.6. The summed E-state index contributed by atoms with van der Waals surface area (Å²) < 4.78 is 27.7. The van der Waals surface area contributed by atoms with Crippen LogP contribution in [0.25, 0.3) is 10.2 Å². The van der Waals surface area contributed by atoms with Crippen molar-refractivity contribution in [1.29, 1.82) is 0 Å². The highest BCUT2D eigenvalue weighted by Gasteiger charge is 2.20. The molecule has 0 spiro atoms. The summed E-state index contributed by atoms with van der Waals surface area (Å²) >= 11 is 1.49. The molecule has 0 atom stereocenters. The van der Waals surface area contributed by atoms with Gasteiger partial charge in [-0.15, -0.1) is 11.3 Å². The van der Waals surface area contributed by atoms with Crippen LogP contribution in [0.1, 0.15) is 38.6 Å². The largest absolute Gasteiger partial charge is 0.481 e. The molecular formula is C15H20N2O4S2. The van der Waals surface area contributed by atoms with Gasteiger partial charge in [0, 0.05) is 18.4 Å². The number of carboxylic acid groups (broad SMARTS) is 1. The summed E-state index contributed by atoms with van der Waals surface area (Å²) in [5, 5.41) is 9.52. The van der Waals surface area contributed by atoms with Gasteiger partial charge in [-0.25, -0.2) is 18.1 Å². The highest BCUT2D eigenvalue weighted by atomic mass is 32.2. The van der Waals surface area contributed by atoms with E-state index in [1.807, 2.05) is 0 Å². The number of rotatable bonds is 6. The van der Waals surface area contributed by atoms with Crippen molar-refractivity contribution >= 4 is 37.5 Å². The maximum atomic E-state index is 12.2. The normalized spacial score (nSPS) is 12.7. The van der Waals surface area contributed by atoms with Gasteiger partial charge in [0.05, 0.1) is 20.1 Å². The minimum Gasteiger partial charge on any atom is -0.481 e. The third kappa shape index (κ3) is 4.49. The van der Waals surface area contributed by atoms with Crippen molar-refractivity contribution in [1.82, 2.24) is 9.71 Å². The molecule has 0 bridgehead atoms. The predicted molar refractivity (Wildman–Crippen MR) is 90.4 cm³/mol. The van der Waals surface area contributed by atoms with Crippen molar-refractivity contribution in [2.24, 2.45) is 0 Å². The van der Waals surface area contributed by atoms with Crippen LogP contribution in [0.2, 0.25) is 0 Å². The Hall–Kier alpha value is -1.51. The number of aliphatic carboxylic acids is 1. The summed E-state index contributed by atoms with van der Waals surface area (Å²) in [7, 11) is -3.64. The van der Waals surface area contributed by atoms with E-state index in [1.165, 1.54) is 17.4 Å². The standard InChI is InChI=1S/C15H20N2O4S2/c1-15(2,3)14-17-11-7-6-10(9-12(11)22-14)23(20,21)16-8-4-5-13(18)19/h6-7,9,16H,4-5,8H2,1-3H3,(H,18,19). The van der Waals surface area contributed by atoms with E-state index < -0.39 is 16.0 Å². The van der Waals surface area contributed by atoms with Gasteiger partial charge in [0.15, 0.2) is 0 Å². The SMILES string of the molecule is CC(C)(C)c1nc2ccc(S(=O)(=O)NCCCC(=O)O)cc2s1. The summed E-state index contributed by atoms with van der Waals surface area (Å²) in [5.41, 5.74) is 0.697. The molecule has 2 aromatic rings. The maximum Gasteiger partial charge on any atom is 0.303 e. The van der Waals surface area contributed by atoms with Crippen LogP contribution < -0.4 is 4.72 Å². The Morgan fingerprint density at radius 2 is 2.04 bits per heavy atom. The zero-order valence-corrected chi connectivity index (χ0v) is 14.9. The van der Waals surface area contributed by atoms with Gasteiger partial charge in [-0.2, -0.15) is 0 Å². The number of carbonyl (C=O) groups is 1. The molecule has 1 aromatic heterocycles. The molecular weight excluding hydrogens is 336 g/mol. The number of benzene rings is 1. The van der Waals surface area contributed by atoms with E-state index in [4.69, 9.17) is 5.11 Å². The van der Waals surface area contributed by atoms with Crippen molar-refractivity contribution < 1.29 is 18.3 Å². The average molecular weight is 356 g/mol. The molecule has 23 heavy (non-hydrogen) atoms. The molecule has 6 nitrogen and oxygen atoms in total. The minimum absolute atomic E-state index is 0.0641. The topological polar surface area (TPSA) is 96.4 Å². The van der Waals surface area contributed by atoms with Crippen LogP contribution in [-0.4, -0.2) is 31.0 Å². The maximum absolute atomic E-state index is 12.2. The molecule has 8 heteroatoms. The van der Waals surface area contributed by atoms with E-state index in [2.05, 4.69) is 30.5 Å². The average Bonchev–Trinajstić information content (AvgIpc) is 2.86. The van der Waals surface area contributed by atoms with Crippen molar-refractivity contribution in [3.63, 3.8) is 0 Å². The molecule has 0 saturated carbocycles. The molecule has 126 valence electrons. The fraction of sp³-hybridized carbons (Fsp3) is 0.467. The Morgan fingerprint density at radius 1 is 1.35 bits per heavy atom. The zero-order chi connectivity index (χ0) is 17.3. The van der Waals surface area contributed by atoms with Crippen LogP contribution in [0.15, 0.2) is 23.1 Å². The van der Waals surface area contributed by atoms with Crippen LogP contribution in [-0.2, 0) is 20.2 Å². The van der Waals surface area contributed by atoms with Gasteiger partial charge in [-0.05, 0) is 24.6 Å². The second-order valence-corrected chi connectivity index (χ2v) is 9.09. The fourth-order valence-corrected chi connectivity index (χ4v) is 4.16. The second kappa shape index (κ2) is 6.54. The lowest BCUT2D eigenvalue weighted by Gasteiger charge is -2.13. The Balaban J connectivity index is 2.20. The lowest BCUT2D eigenvalue weighted by atomic mass is 9.98. The van der Waals surface area contributed by atoms with Gasteiger partial charge in [-0.3, -0.25) is 4.79 Å². The predicted octanol–water partition coefficient (Wildman–Crippen LogP) is 2.74. The second-order valence-electron chi connectivity index (χ2n) is 6.29. The number of fused-ring (bicyclic) bond motifs is 1. The van der Waals surface area contributed by atoms with E-state index in [-0.39, 0.29) is 29.7 Å². The third-order valence-electron chi connectivity index (χ3n) is 3.17. The van der Waals surface area contributed by atoms with Crippen molar-refractivity contribution in [3.8, 4) is 0 Å². The molecule has 0 saturated heterocycles. The van der Waals surface area contributed by atoms with Crippen LogP contribution in [0.3, 0.4) is 0 Å². The van der Waals surface area contributed by atoms with Crippen LogP contribution in [0.4, 0.5) is 0 Å². The molecule has 1 aromatic carbocycles. The quantitative estimate of drug-likeness (QED) is 0.776. The Bertz CT molecular complexity index is 820. The summed E-state index contributed by atoms with van der Waals surface area (Å²) in [6, 6.07) is 4.84. The Morgan fingerprint density at radius 3 is 2.65 bits per heavy atom. The van der Waals surface area contributed by atoms with Gasteiger partial charge in [-0.1, -0.05) is 20.8 Å². The minimum atomic E-state index is -3.64. The van der Waals surface area contributed by atoms with Gasteiger partial charge in [0.1, 0.15) is 0 Å². The molecule has 2 rings (SSSR count). The zero-order valence-electron chi connectivity index (χ0n) is 13.3. The van der Waals surface area contributed by atoms with Gasteiger partial charge in [0.25, 0.3) is 0 Å². The highest BCUT2D eigenvalue weighted by molar-refractivity contribution is 7.89. The van der Waals surface area contributed by atoms with Crippen LogP contribution >= 0.6 is 11.3 Å². The molecule has 0 aliphatic carbocycles. The molecule has 0 aliphatic rings. The van der Waals surface area contributed by atoms with Gasteiger partial charge < -0.3 is 5.11 Å². The summed E-state index contributed by atoms with van der Waals surface area (Å²) in [6.45, 7) is 6.29. The van der Waals surface area contributed by atoms with Crippen LogP contribution in [0.5, 0.6) is 0 Å². The molecule has 0 radical (unpaired) electrons.